The Morgan fingerprint density at radius 1 is 1.00 bits per heavy atom. The highest BCUT2D eigenvalue weighted by Gasteiger charge is 2.64. The molecule has 67 heavy (non-hydrogen) atoms. The lowest BCUT2D eigenvalue weighted by Gasteiger charge is -2.63. The fourth-order valence-corrected chi connectivity index (χ4v) is 9.91. The molecule has 3 aromatic carbocycles. The summed E-state index contributed by atoms with van der Waals surface area (Å²) in [5.74, 6) is -0.455. The number of anilines is 1. The number of carbonyl (C=O) groups is 3. The number of nitriles is 1. The molecule has 356 valence electrons. The first-order chi connectivity index (χ1) is 31.8. The number of likely N-dealkylation sites (tertiary alicyclic amines) is 1. The number of benzene rings is 3. The van der Waals surface area contributed by atoms with E-state index in [4.69, 9.17) is 21.1 Å². The summed E-state index contributed by atoms with van der Waals surface area (Å²) in [5.41, 5.74) is 4.14. The van der Waals surface area contributed by atoms with Crippen molar-refractivity contribution in [2.75, 3.05) is 31.6 Å². The molecule has 3 atom stereocenters. The van der Waals surface area contributed by atoms with E-state index in [1.807, 2.05) is 75.4 Å². The number of hydrogen-bond donors (Lipinski definition) is 4. The van der Waals surface area contributed by atoms with Gasteiger partial charge in [0.05, 0.1) is 28.4 Å². The van der Waals surface area contributed by atoms with Crippen LogP contribution < -0.4 is 20.7 Å². The Morgan fingerprint density at radius 3 is 2.36 bits per heavy atom. The van der Waals surface area contributed by atoms with E-state index >= 15 is 0 Å². The lowest BCUT2D eigenvalue weighted by atomic mass is 9.49. The van der Waals surface area contributed by atoms with Gasteiger partial charge < -0.3 is 35.4 Å². The molecular weight excluding hydrogens is 866 g/mol. The number of ether oxygens (including phenoxy) is 2. The number of nitrogens with zero attached hydrogens (tertiary/aromatic N) is 4. The minimum absolute atomic E-state index is 0.0493. The number of hydrogen-bond acceptors (Lipinski definition) is 11. The standard InChI is InChI=1S/C53H66ClN7O6/c1-34(58-30-35-12-14-36(15-13-35)45-22-24-56-33-59-45)46-27-40(62)31-61(46)48(65)43(51(2,3)4)26-41(63)32-66-25-11-9-10-23-57-39-19-16-37(17-20-39)47(64)60-49-52(5,6)50(53(49,7)8)67-42-21-18-38(29-55)44(54)28-42/h12-22,24,28,33,40,43,46,49-50,57-58,62H,1,9-11,23,25-27,30-32H2,2-8H3,(H,60,64)/t40-,43-,46+,49?,50?/m1/s1. The summed E-state index contributed by atoms with van der Waals surface area (Å²) in [7, 11) is 0. The molecule has 1 saturated heterocycles. The van der Waals surface area contributed by atoms with Gasteiger partial charge >= 0.3 is 0 Å². The molecule has 1 saturated carbocycles. The van der Waals surface area contributed by atoms with Crippen molar-refractivity contribution in [2.45, 2.75) is 111 Å². The molecule has 1 aliphatic carbocycles. The average Bonchev–Trinajstić information content (AvgIpc) is 3.70. The van der Waals surface area contributed by atoms with Gasteiger partial charge in [0.1, 0.15) is 30.9 Å². The van der Waals surface area contributed by atoms with Gasteiger partial charge in [-0.05, 0) is 72.7 Å². The number of aromatic nitrogens is 2. The second kappa shape index (κ2) is 21.9. The zero-order valence-corrected chi connectivity index (χ0v) is 40.7. The van der Waals surface area contributed by atoms with Crippen molar-refractivity contribution < 1.29 is 29.0 Å². The number of halogens is 1. The van der Waals surface area contributed by atoms with E-state index in [0.717, 1.165) is 48.3 Å². The molecule has 14 heteroatoms. The van der Waals surface area contributed by atoms with Crippen molar-refractivity contribution in [3.8, 4) is 23.1 Å². The van der Waals surface area contributed by atoms with Crippen molar-refractivity contribution >= 4 is 34.9 Å². The van der Waals surface area contributed by atoms with Crippen molar-refractivity contribution in [1.82, 2.24) is 25.5 Å². The zero-order valence-electron chi connectivity index (χ0n) is 39.9. The first-order valence-corrected chi connectivity index (χ1v) is 23.5. The molecule has 1 aliphatic heterocycles. The highest BCUT2D eigenvalue weighted by Crippen LogP contribution is 2.55. The Bertz CT molecular complexity index is 2380. The summed E-state index contributed by atoms with van der Waals surface area (Å²) >= 11 is 6.24. The summed E-state index contributed by atoms with van der Waals surface area (Å²) < 4.78 is 12.1. The molecule has 0 radical (unpaired) electrons. The number of amides is 2. The van der Waals surface area contributed by atoms with Gasteiger partial charge in [-0.2, -0.15) is 5.26 Å². The highest BCUT2D eigenvalue weighted by atomic mass is 35.5. The van der Waals surface area contributed by atoms with Crippen molar-refractivity contribution in [3.05, 3.63) is 119 Å². The Balaban J connectivity index is 0.877. The van der Waals surface area contributed by atoms with Gasteiger partial charge in [0.2, 0.25) is 5.91 Å². The predicted octanol–water partition coefficient (Wildman–Crippen LogP) is 8.77. The average molecular weight is 933 g/mol. The summed E-state index contributed by atoms with van der Waals surface area (Å²) in [5, 5.41) is 30.3. The number of aliphatic hydroxyl groups excluding tert-OH is 1. The van der Waals surface area contributed by atoms with Crippen LogP contribution >= 0.6 is 11.6 Å². The fourth-order valence-electron chi connectivity index (χ4n) is 9.70. The molecule has 2 aliphatic rings. The summed E-state index contributed by atoms with van der Waals surface area (Å²) in [4.78, 5) is 50.7. The first-order valence-electron chi connectivity index (χ1n) is 23.2. The van der Waals surface area contributed by atoms with Crippen LogP contribution in [0.15, 0.2) is 97.6 Å². The van der Waals surface area contributed by atoms with E-state index in [-0.39, 0.29) is 60.1 Å². The largest absolute Gasteiger partial charge is 0.489 e. The van der Waals surface area contributed by atoms with Crippen LogP contribution in [-0.4, -0.2) is 88.2 Å². The molecule has 2 amide bonds. The maximum atomic E-state index is 14.1. The van der Waals surface area contributed by atoms with Crippen LogP contribution in [0.1, 0.15) is 102 Å². The maximum absolute atomic E-state index is 14.1. The van der Waals surface area contributed by atoms with E-state index in [1.54, 1.807) is 29.3 Å². The smallest absolute Gasteiger partial charge is 0.251 e. The number of rotatable bonds is 21. The number of aliphatic hydroxyl groups is 1. The number of unbranched alkanes of at least 4 members (excludes halogenated alkanes) is 2. The minimum atomic E-state index is -0.687. The molecule has 0 bridgehead atoms. The molecule has 0 spiro atoms. The van der Waals surface area contributed by atoms with E-state index in [1.165, 1.54) is 6.33 Å². The Hall–Kier alpha value is -5.81. The zero-order chi connectivity index (χ0) is 48.5. The Labute approximate surface area is 400 Å². The van der Waals surface area contributed by atoms with E-state index < -0.39 is 23.5 Å². The number of β-amino-alcohol motifs (C(OH)–C–C–N with tert-alkyl or cyclic N) is 1. The second-order valence-electron chi connectivity index (χ2n) is 20.1. The molecule has 13 nitrogen and oxygen atoms in total. The third kappa shape index (κ3) is 12.6. The number of ketones is 1. The molecule has 2 fully saturated rings. The quantitative estimate of drug-likeness (QED) is 0.0587. The van der Waals surface area contributed by atoms with Gasteiger partial charge in [0, 0.05) is 96.6 Å². The lowest BCUT2D eigenvalue weighted by Crippen LogP contribution is -2.74. The lowest BCUT2D eigenvalue weighted by molar-refractivity contribution is -0.164. The Kier molecular flexibility index (Phi) is 16.5. The molecule has 6 rings (SSSR count). The van der Waals surface area contributed by atoms with E-state index in [9.17, 15) is 24.8 Å². The fraction of sp³-hybridized carbons (Fsp3) is 0.472. The van der Waals surface area contributed by atoms with Crippen molar-refractivity contribution in [1.29, 1.82) is 5.26 Å². The molecule has 0 unspecified atom stereocenters. The monoisotopic (exact) mass is 931 g/mol. The van der Waals surface area contributed by atoms with Gasteiger partial charge in [-0.25, -0.2) is 9.97 Å². The molecule has 4 aromatic rings. The van der Waals surface area contributed by atoms with Crippen LogP contribution in [0, 0.1) is 33.5 Å². The van der Waals surface area contributed by atoms with Crippen LogP contribution in [0.2, 0.25) is 5.02 Å². The van der Waals surface area contributed by atoms with Gasteiger partial charge in [-0.1, -0.05) is 90.9 Å². The number of Topliss-reactive ketones (excluding diaryl/α,β-unsaturated/α-hetero) is 1. The number of nitrogens with one attached hydrogen (secondary N) is 3. The van der Waals surface area contributed by atoms with E-state index in [0.29, 0.717) is 47.2 Å². The highest BCUT2D eigenvalue weighted by molar-refractivity contribution is 6.31. The summed E-state index contributed by atoms with van der Waals surface area (Å²) in [6.07, 6.45) is 5.34. The van der Waals surface area contributed by atoms with Crippen LogP contribution in [0.4, 0.5) is 5.69 Å². The second-order valence-corrected chi connectivity index (χ2v) is 20.6. The van der Waals surface area contributed by atoms with Crippen LogP contribution in [0.25, 0.3) is 11.3 Å². The number of carbonyl (C=O) groups excluding carboxylic acids is 3. The van der Waals surface area contributed by atoms with Crippen LogP contribution in [-0.2, 0) is 20.9 Å². The molecule has 2 heterocycles. The predicted molar refractivity (Wildman–Crippen MR) is 261 cm³/mol. The molecular formula is C53H66ClN7O6. The third-order valence-corrected chi connectivity index (χ3v) is 13.5. The van der Waals surface area contributed by atoms with Gasteiger partial charge in [0.15, 0.2) is 5.78 Å². The van der Waals surface area contributed by atoms with Crippen molar-refractivity contribution in [3.63, 3.8) is 0 Å². The van der Waals surface area contributed by atoms with E-state index in [2.05, 4.69) is 66.3 Å². The van der Waals surface area contributed by atoms with Crippen LogP contribution in [0.5, 0.6) is 5.75 Å². The molecule has 1 aromatic heterocycles. The topological polar surface area (TPSA) is 179 Å². The minimum Gasteiger partial charge on any atom is -0.489 e. The SMILES string of the molecule is C=C(NCc1ccc(-c2ccncn2)cc1)[C@@H]1C[C@@H](O)CN1C(=O)[C@@H](CC(=O)COCCCCCNc1ccc(C(=O)NC2C(C)(C)C(Oc3ccc(C#N)c(Cl)c3)C2(C)C)cc1)C(C)(C)C. The van der Waals surface area contributed by atoms with Gasteiger partial charge in [0.25, 0.3) is 5.91 Å². The first kappa shape index (κ1) is 50.6. The van der Waals surface area contributed by atoms with Gasteiger partial charge in [-0.3, -0.25) is 14.4 Å². The Morgan fingerprint density at radius 2 is 1.72 bits per heavy atom. The van der Waals surface area contributed by atoms with Crippen molar-refractivity contribution in [2.24, 2.45) is 22.2 Å². The third-order valence-electron chi connectivity index (χ3n) is 13.2. The maximum Gasteiger partial charge on any atom is 0.251 e. The van der Waals surface area contributed by atoms with Crippen LogP contribution in [0.3, 0.4) is 0 Å². The molecule has 4 N–H and O–H groups in total. The normalized spacial score (nSPS) is 19.9. The van der Waals surface area contributed by atoms with Gasteiger partial charge in [-0.15, -0.1) is 0 Å². The summed E-state index contributed by atoms with van der Waals surface area (Å²) in [6, 6.07) is 23.9. The summed E-state index contributed by atoms with van der Waals surface area (Å²) in [6.45, 7) is 20.2.